The summed E-state index contributed by atoms with van der Waals surface area (Å²) in [5.74, 6) is 1.17. The zero-order chi connectivity index (χ0) is 18.9. The van der Waals surface area contributed by atoms with Gasteiger partial charge in [-0.2, -0.15) is 0 Å². The van der Waals surface area contributed by atoms with Crippen LogP contribution >= 0.6 is 0 Å². The molecule has 0 saturated heterocycles. The van der Waals surface area contributed by atoms with Gasteiger partial charge in [-0.25, -0.2) is 4.98 Å². The molecule has 0 fully saturated rings. The average molecular weight is 354 g/mol. The largest absolute Gasteiger partial charge is 0.348 e. The van der Waals surface area contributed by atoms with Gasteiger partial charge in [0.2, 0.25) is 0 Å². The summed E-state index contributed by atoms with van der Waals surface area (Å²) < 4.78 is 0. The van der Waals surface area contributed by atoms with Gasteiger partial charge < -0.3 is 4.98 Å². The zero-order valence-electron chi connectivity index (χ0n) is 16.2. The van der Waals surface area contributed by atoms with Crippen molar-refractivity contribution in [2.75, 3.05) is 0 Å². The molecule has 27 heavy (non-hydrogen) atoms. The molecule has 3 aromatic rings. The molecule has 0 amide bonds. The third-order valence-electron chi connectivity index (χ3n) is 6.65. The first-order valence-electron chi connectivity index (χ1n) is 9.54. The van der Waals surface area contributed by atoms with Crippen LogP contribution in [0, 0.1) is 5.41 Å². The Bertz CT molecular complexity index is 913. The Kier molecular flexibility index (Phi) is 4.35. The van der Waals surface area contributed by atoms with Crippen molar-refractivity contribution in [1.29, 1.82) is 0 Å². The van der Waals surface area contributed by atoms with E-state index in [1.807, 2.05) is 12.4 Å². The first-order valence-corrected chi connectivity index (χ1v) is 9.54. The molecule has 1 aromatic heterocycles. The maximum Gasteiger partial charge on any atom is 0.113 e. The summed E-state index contributed by atoms with van der Waals surface area (Å²) in [6.07, 6.45) is 10.5. The number of hydrogen-bond donors (Lipinski definition) is 1. The topological polar surface area (TPSA) is 28.7 Å². The van der Waals surface area contributed by atoms with E-state index in [9.17, 15) is 0 Å². The van der Waals surface area contributed by atoms with Gasteiger partial charge in [-0.05, 0) is 18.1 Å². The van der Waals surface area contributed by atoms with E-state index in [0.717, 1.165) is 5.82 Å². The molecule has 2 aromatic carbocycles. The average Bonchev–Trinajstić information content (AvgIpc) is 3.25. The number of rotatable bonds is 4. The van der Waals surface area contributed by atoms with Gasteiger partial charge >= 0.3 is 0 Å². The maximum absolute atomic E-state index is 4.64. The first-order chi connectivity index (χ1) is 13.1. The van der Waals surface area contributed by atoms with Crippen LogP contribution in [0.15, 0.2) is 96.9 Å². The molecule has 1 heterocycles. The minimum atomic E-state index is -0.224. The van der Waals surface area contributed by atoms with Gasteiger partial charge in [0, 0.05) is 29.1 Å². The molecule has 0 bridgehead atoms. The lowest BCUT2D eigenvalue weighted by atomic mass is 9.50. The lowest BCUT2D eigenvalue weighted by Crippen LogP contribution is -2.48. The van der Waals surface area contributed by atoms with Crippen LogP contribution in [0.1, 0.15) is 43.6 Å². The molecule has 2 atom stereocenters. The number of nitrogens with one attached hydrogen (secondary N) is 1. The van der Waals surface area contributed by atoms with Crippen molar-refractivity contribution >= 4 is 0 Å². The summed E-state index contributed by atoms with van der Waals surface area (Å²) in [7, 11) is 0. The van der Waals surface area contributed by atoms with Gasteiger partial charge in [0.05, 0.1) is 0 Å². The van der Waals surface area contributed by atoms with Crippen molar-refractivity contribution in [3.05, 3.63) is 114 Å². The van der Waals surface area contributed by atoms with E-state index in [4.69, 9.17) is 0 Å². The first kappa shape index (κ1) is 17.5. The van der Waals surface area contributed by atoms with Crippen LogP contribution in [0.5, 0.6) is 0 Å². The van der Waals surface area contributed by atoms with E-state index >= 15 is 0 Å². The fourth-order valence-electron chi connectivity index (χ4n) is 4.75. The molecule has 0 radical (unpaired) electrons. The molecule has 2 nitrogen and oxygen atoms in total. The molecule has 136 valence electrons. The van der Waals surface area contributed by atoms with Crippen molar-refractivity contribution in [3.8, 4) is 0 Å². The molecule has 2 heteroatoms. The molecule has 1 N–H and O–H groups in total. The number of allylic oxidation sites excluding steroid dienone is 4. The SMILES string of the molecule is CC1=CC=CC(c2ncc[nH]2)C1(C)C(C)(c1ccccc1)c1ccccc1. The van der Waals surface area contributed by atoms with Gasteiger partial charge in [0.15, 0.2) is 0 Å². The van der Waals surface area contributed by atoms with Crippen molar-refractivity contribution < 1.29 is 0 Å². The summed E-state index contributed by atoms with van der Waals surface area (Å²) in [6, 6.07) is 21.7. The van der Waals surface area contributed by atoms with Crippen molar-refractivity contribution in [3.63, 3.8) is 0 Å². The van der Waals surface area contributed by atoms with Crippen LogP contribution in [-0.4, -0.2) is 9.97 Å². The molecule has 2 unspecified atom stereocenters. The highest BCUT2D eigenvalue weighted by Crippen LogP contribution is 2.59. The third kappa shape index (κ3) is 2.59. The lowest BCUT2D eigenvalue weighted by Gasteiger charge is -2.52. The molecular formula is C25H26N2. The molecule has 0 spiro atoms. The van der Waals surface area contributed by atoms with Crippen LogP contribution in [-0.2, 0) is 5.41 Å². The van der Waals surface area contributed by atoms with E-state index in [0.29, 0.717) is 0 Å². The van der Waals surface area contributed by atoms with Crippen molar-refractivity contribution in [2.24, 2.45) is 5.41 Å². The highest BCUT2D eigenvalue weighted by atomic mass is 14.9. The second kappa shape index (κ2) is 6.70. The number of hydrogen-bond acceptors (Lipinski definition) is 1. The van der Waals surface area contributed by atoms with E-state index in [1.165, 1.54) is 16.7 Å². The Balaban J connectivity index is 2.01. The smallest absolute Gasteiger partial charge is 0.113 e. The molecule has 1 aliphatic carbocycles. The van der Waals surface area contributed by atoms with E-state index in [2.05, 4.69) is 110 Å². The van der Waals surface area contributed by atoms with Gasteiger partial charge in [0.1, 0.15) is 5.82 Å². The fourth-order valence-corrected chi connectivity index (χ4v) is 4.75. The second-order valence-electron chi connectivity index (χ2n) is 7.75. The van der Waals surface area contributed by atoms with E-state index < -0.39 is 0 Å². The highest BCUT2D eigenvalue weighted by Gasteiger charge is 2.53. The Morgan fingerprint density at radius 2 is 1.56 bits per heavy atom. The van der Waals surface area contributed by atoms with Gasteiger partial charge in [0.25, 0.3) is 0 Å². The van der Waals surface area contributed by atoms with Crippen molar-refractivity contribution in [1.82, 2.24) is 9.97 Å². The summed E-state index contributed by atoms with van der Waals surface area (Å²) in [5.41, 5.74) is 3.60. The number of aromatic amines is 1. The standard InChI is InChI=1S/C25H26N2/c1-19-11-10-16-22(23-26-17-18-27-23)24(19,2)25(3,20-12-6-4-7-13-20)21-14-8-5-9-15-21/h4-18,22H,1-3H3,(H,26,27). The van der Waals surface area contributed by atoms with Crippen LogP contribution in [0.25, 0.3) is 0 Å². The maximum atomic E-state index is 4.64. The number of aromatic nitrogens is 2. The predicted octanol–water partition coefficient (Wildman–Crippen LogP) is 6.02. The molecule has 1 aliphatic rings. The summed E-state index contributed by atoms with van der Waals surface area (Å²) in [4.78, 5) is 8.00. The van der Waals surface area contributed by atoms with Crippen LogP contribution in [0.2, 0.25) is 0 Å². The van der Waals surface area contributed by atoms with Gasteiger partial charge in [-0.3, -0.25) is 0 Å². The number of benzene rings is 2. The zero-order valence-corrected chi connectivity index (χ0v) is 16.2. The molecule has 0 aliphatic heterocycles. The summed E-state index contributed by atoms with van der Waals surface area (Å²) >= 11 is 0. The van der Waals surface area contributed by atoms with Gasteiger partial charge in [-0.1, -0.05) is 98.3 Å². The number of imidazole rings is 1. The minimum Gasteiger partial charge on any atom is -0.348 e. The van der Waals surface area contributed by atoms with Crippen molar-refractivity contribution in [2.45, 2.75) is 32.1 Å². The van der Waals surface area contributed by atoms with Crippen LogP contribution in [0.3, 0.4) is 0 Å². The van der Waals surface area contributed by atoms with Crippen LogP contribution < -0.4 is 0 Å². The second-order valence-corrected chi connectivity index (χ2v) is 7.75. The summed E-state index contributed by atoms with van der Waals surface area (Å²) in [5, 5.41) is 0. The number of H-pyrrole nitrogens is 1. The summed E-state index contributed by atoms with van der Waals surface area (Å²) in [6.45, 7) is 7.02. The monoisotopic (exact) mass is 354 g/mol. The van der Waals surface area contributed by atoms with E-state index in [1.54, 1.807) is 0 Å². The van der Waals surface area contributed by atoms with Crippen LogP contribution in [0.4, 0.5) is 0 Å². The number of nitrogens with zero attached hydrogens (tertiary/aromatic N) is 1. The Labute approximate surface area is 161 Å². The predicted molar refractivity (Wildman–Crippen MR) is 112 cm³/mol. The quantitative estimate of drug-likeness (QED) is 0.609. The normalized spacial score (nSPS) is 22.5. The fraction of sp³-hybridized carbons (Fsp3) is 0.240. The Hall–Kier alpha value is -2.87. The Morgan fingerprint density at radius 3 is 2.07 bits per heavy atom. The molecule has 4 rings (SSSR count). The molecular weight excluding hydrogens is 328 g/mol. The van der Waals surface area contributed by atoms with Gasteiger partial charge in [-0.15, -0.1) is 0 Å². The minimum absolute atomic E-state index is 0.155. The highest BCUT2D eigenvalue weighted by molar-refractivity contribution is 5.49. The lowest BCUT2D eigenvalue weighted by molar-refractivity contribution is 0.209. The molecule has 0 saturated carbocycles. The third-order valence-corrected chi connectivity index (χ3v) is 6.65. The van der Waals surface area contributed by atoms with E-state index in [-0.39, 0.29) is 16.7 Å². The Morgan fingerprint density at radius 1 is 0.963 bits per heavy atom.